The lowest BCUT2D eigenvalue weighted by molar-refractivity contribution is 0.100. The largest absolute Gasteiger partial charge is 0.494 e. The molecule has 6 heteroatoms. The molecule has 0 saturated heterocycles. The lowest BCUT2D eigenvalue weighted by atomic mass is 10.1. The highest BCUT2D eigenvalue weighted by molar-refractivity contribution is 5.99. The van der Waals surface area contributed by atoms with Gasteiger partial charge in [0.05, 0.1) is 29.9 Å². The molecular formula is C30H38N4O2. The molecule has 1 aliphatic rings. The Morgan fingerprint density at radius 1 is 0.944 bits per heavy atom. The third-order valence-electron chi connectivity index (χ3n) is 6.78. The van der Waals surface area contributed by atoms with Crippen LogP contribution in [0.4, 0.5) is 0 Å². The van der Waals surface area contributed by atoms with Crippen LogP contribution in [0.3, 0.4) is 0 Å². The van der Waals surface area contributed by atoms with Crippen molar-refractivity contribution in [2.75, 3.05) is 7.11 Å². The minimum Gasteiger partial charge on any atom is -0.494 e. The predicted molar refractivity (Wildman–Crippen MR) is 150 cm³/mol. The predicted octanol–water partition coefficient (Wildman–Crippen LogP) is 7.54. The van der Waals surface area contributed by atoms with Crippen molar-refractivity contribution in [2.45, 2.75) is 71.1 Å². The zero-order chi connectivity index (χ0) is 25.3. The van der Waals surface area contributed by atoms with Crippen molar-refractivity contribution in [1.29, 1.82) is 0 Å². The van der Waals surface area contributed by atoms with Crippen LogP contribution in [0.1, 0.15) is 87.2 Å². The SMILES string of the molecule is CCCCCCCCCCCC1=N/C(=C/c2[nH]c(-c3cc4ccc(C(N)=O)cc4[nH]3)cc2OC)C=C1. The van der Waals surface area contributed by atoms with E-state index in [0.717, 1.165) is 51.6 Å². The number of nitrogens with zero attached hydrogens (tertiary/aromatic N) is 1. The molecule has 2 aromatic heterocycles. The Labute approximate surface area is 213 Å². The van der Waals surface area contributed by atoms with Gasteiger partial charge >= 0.3 is 0 Å². The molecule has 0 saturated carbocycles. The number of carbonyl (C=O) groups excluding carboxylic acids is 1. The van der Waals surface area contributed by atoms with E-state index in [1.165, 1.54) is 57.8 Å². The van der Waals surface area contributed by atoms with Crippen LogP contribution in [0.5, 0.6) is 5.75 Å². The van der Waals surface area contributed by atoms with Gasteiger partial charge in [-0.05, 0) is 49.3 Å². The fourth-order valence-electron chi connectivity index (χ4n) is 4.70. The number of aromatic nitrogens is 2. The highest BCUT2D eigenvalue weighted by Gasteiger charge is 2.13. The number of benzene rings is 1. The second-order valence-corrected chi connectivity index (χ2v) is 9.60. The van der Waals surface area contributed by atoms with Crippen molar-refractivity contribution < 1.29 is 9.53 Å². The van der Waals surface area contributed by atoms with Gasteiger partial charge in [-0.2, -0.15) is 0 Å². The molecule has 4 rings (SSSR count). The molecule has 36 heavy (non-hydrogen) atoms. The van der Waals surface area contributed by atoms with E-state index in [2.05, 4.69) is 29.0 Å². The first-order valence-corrected chi connectivity index (χ1v) is 13.2. The number of amides is 1. The highest BCUT2D eigenvalue weighted by atomic mass is 16.5. The van der Waals surface area contributed by atoms with Gasteiger partial charge in [-0.1, -0.05) is 64.4 Å². The zero-order valence-corrected chi connectivity index (χ0v) is 21.5. The van der Waals surface area contributed by atoms with E-state index in [-0.39, 0.29) is 0 Å². The van der Waals surface area contributed by atoms with E-state index in [4.69, 9.17) is 15.5 Å². The van der Waals surface area contributed by atoms with Crippen molar-refractivity contribution in [3.8, 4) is 17.1 Å². The van der Waals surface area contributed by atoms with Gasteiger partial charge in [0.2, 0.25) is 5.91 Å². The van der Waals surface area contributed by atoms with Crippen molar-refractivity contribution >= 4 is 28.6 Å². The van der Waals surface area contributed by atoms with E-state index in [0.29, 0.717) is 5.56 Å². The molecule has 0 aliphatic carbocycles. The van der Waals surface area contributed by atoms with E-state index in [1.807, 2.05) is 24.3 Å². The minimum atomic E-state index is -0.439. The number of unbranched alkanes of at least 4 members (excludes halogenated alkanes) is 8. The Morgan fingerprint density at radius 2 is 1.67 bits per heavy atom. The maximum atomic E-state index is 11.5. The number of hydrogen-bond acceptors (Lipinski definition) is 3. The molecule has 0 radical (unpaired) electrons. The quantitative estimate of drug-likeness (QED) is 0.205. The number of aromatic amines is 2. The Balaban J connectivity index is 1.35. The highest BCUT2D eigenvalue weighted by Crippen LogP contribution is 2.31. The van der Waals surface area contributed by atoms with Gasteiger partial charge in [0.1, 0.15) is 5.75 Å². The summed E-state index contributed by atoms with van der Waals surface area (Å²) in [4.78, 5) is 23.1. The summed E-state index contributed by atoms with van der Waals surface area (Å²) in [6.45, 7) is 2.27. The number of fused-ring (bicyclic) bond motifs is 1. The Hall–Kier alpha value is -3.54. The molecule has 1 aliphatic heterocycles. The summed E-state index contributed by atoms with van der Waals surface area (Å²) >= 11 is 0. The summed E-state index contributed by atoms with van der Waals surface area (Å²) in [6, 6.07) is 9.42. The monoisotopic (exact) mass is 486 g/mol. The Morgan fingerprint density at radius 3 is 2.39 bits per heavy atom. The second kappa shape index (κ2) is 12.4. The standard InChI is InChI=1S/C30H38N4O2/c1-3-4-5-6-7-8-9-10-11-12-23-15-16-24(32-23)19-28-29(36-2)20-27(34-28)26-17-21-13-14-22(30(31)35)18-25(21)33-26/h13-20,33-34H,3-12H2,1-2H3,(H2,31,35)/b24-19+. The number of nitrogens with one attached hydrogen (secondary N) is 2. The molecule has 0 atom stereocenters. The molecule has 1 amide bonds. The van der Waals surface area contributed by atoms with Crippen LogP contribution >= 0.6 is 0 Å². The first kappa shape index (κ1) is 25.5. The Bertz CT molecular complexity index is 1280. The van der Waals surface area contributed by atoms with E-state index in [9.17, 15) is 4.79 Å². The van der Waals surface area contributed by atoms with Gasteiger partial charge in [-0.25, -0.2) is 0 Å². The van der Waals surface area contributed by atoms with E-state index in [1.54, 1.807) is 19.2 Å². The zero-order valence-electron chi connectivity index (χ0n) is 21.5. The van der Waals surface area contributed by atoms with Crippen LogP contribution in [0, 0.1) is 0 Å². The summed E-state index contributed by atoms with van der Waals surface area (Å²) in [5.74, 6) is 0.316. The van der Waals surface area contributed by atoms with Crippen LogP contribution in [-0.4, -0.2) is 28.7 Å². The smallest absolute Gasteiger partial charge is 0.248 e. The van der Waals surface area contributed by atoms with Gasteiger partial charge in [0.25, 0.3) is 0 Å². The van der Waals surface area contributed by atoms with Crippen LogP contribution < -0.4 is 10.5 Å². The van der Waals surface area contributed by atoms with Crippen LogP contribution in [0.15, 0.2) is 53.2 Å². The molecule has 6 nitrogen and oxygen atoms in total. The Kier molecular flexibility index (Phi) is 8.82. The lowest BCUT2D eigenvalue weighted by Crippen LogP contribution is -2.10. The number of nitrogens with two attached hydrogens (primary N) is 1. The second-order valence-electron chi connectivity index (χ2n) is 9.60. The number of ether oxygens (including phenoxy) is 1. The van der Waals surface area contributed by atoms with Gasteiger partial charge < -0.3 is 20.4 Å². The van der Waals surface area contributed by atoms with Crippen LogP contribution in [0.25, 0.3) is 28.4 Å². The van der Waals surface area contributed by atoms with Gasteiger partial charge in [0.15, 0.2) is 0 Å². The maximum absolute atomic E-state index is 11.5. The normalized spacial score (nSPS) is 14.2. The summed E-state index contributed by atoms with van der Waals surface area (Å²) in [7, 11) is 1.67. The van der Waals surface area contributed by atoms with Crippen molar-refractivity contribution in [3.63, 3.8) is 0 Å². The molecule has 1 aromatic carbocycles. The topological polar surface area (TPSA) is 96.3 Å². The molecule has 0 spiro atoms. The average Bonchev–Trinajstić information content (AvgIpc) is 3.60. The molecule has 0 bridgehead atoms. The van der Waals surface area contributed by atoms with Gasteiger partial charge in [-0.15, -0.1) is 0 Å². The molecule has 0 fully saturated rings. The number of hydrogen-bond donors (Lipinski definition) is 3. The number of carbonyl (C=O) groups is 1. The number of methoxy groups -OCH3 is 1. The summed E-state index contributed by atoms with van der Waals surface area (Å²) in [6.07, 6.45) is 19.2. The molecule has 4 N–H and O–H groups in total. The van der Waals surface area contributed by atoms with E-state index < -0.39 is 5.91 Å². The molecular weight excluding hydrogens is 448 g/mol. The lowest BCUT2D eigenvalue weighted by Gasteiger charge is -2.02. The first-order chi connectivity index (χ1) is 17.6. The maximum Gasteiger partial charge on any atom is 0.248 e. The molecule has 3 heterocycles. The van der Waals surface area contributed by atoms with Crippen molar-refractivity contribution in [3.05, 3.63) is 59.4 Å². The number of aliphatic imine (C=N–C) groups is 1. The summed E-state index contributed by atoms with van der Waals surface area (Å²) in [5.41, 5.74) is 11.5. The summed E-state index contributed by atoms with van der Waals surface area (Å²) in [5, 5.41) is 1.01. The number of H-pyrrole nitrogens is 2. The molecule has 3 aromatic rings. The minimum absolute atomic E-state index is 0.439. The fourth-order valence-corrected chi connectivity index (χ4v) is 4.70. The van der Waals surface area contributed by atoms with Crippen LogP contribution in [0.2, 0.25) is 0 Å². The number of allylic oxidation sites excluding steroid dienone is 2. The molecule has 190 valence electrons. The van der Waals surface area contributed by atoms with Gasteiger partial charge in [-0.3, -0.25) is 9.79 Å². The third kappa shape index (κ3) is 6.56. The average molecular weight is 487 g/mol. The van der Waals surface area contributed by atoms with Gasteiger partial charge in [0, 0.05) is 28.2 Å². The molecule has 0 unspecified atom stereocenters. The summed E-state index contributed by atoms with van der Waals surface area (Å²) < 4.78 is 5.62. The first-order valence-electron chi connectivity index (χ1n) is 13.2. The number of rotatable bonds is 14. The van der Waals surface area contributed by atoms with Crippen molar-refractivity contribution in [2.24, 2.45) is 10.7 Å². The number of primary amides is 1. The van der Waals surface area contributed by atoms with E-state index >= 15 is 0 Å². The fraction of sp³-hybridized carbons (Fsp3) is 0.400. The van der Waals surface area contributed by atoms with Crippen molar-refractivity contribution in [1.82, 2.24) is 9.97 Å². The van der Waals surface area contributed by atoms with Crippen LogP contribution in [-0.2, 0) is 0 Å². The third-order valence-corrected chi connectivity index (χ3v) is 6.78.